The number of nitrogens with one attached hydrogen (secondary N) is 1. The van der Waals surface area contributed by atoms with Gasteiger partial charge in [-0.25, -0.2) is 4.79 Å². The number of rotatable bonds is 4. The van der Waals surface area contributed by atoms with Crippen LogP contribution in [0.1, 0.15) is 21.5 Å². The Morgan fingerprint density at radius 2 is 1.83 bits per heavy atom. The summed E-state index contributed by atoms with van der Waals surface area (Å²) in [5.74, 6) is 0.430. The fraction of sp³-hybridized carbons (Fsp3) is 0.333. The molecule has 2 aromatic rings. The predicted molar refractivity (Wildman–Crippen MR) is 111 cm³/mol. The topological polar surface area (TPSA) is 83.4 Å². The summed E-state index contributed by atoms with van der Waals surface area (Å²) < 4.78 is 5.38. The Morgan fingerprint density at radius 3 is 2.57 bits per heavy atom. The molecule has 0 bridgehead atoms. The molecule has 2 aromatic carbocycles. The fourth-order valence-corrected chi connectivity index (χ4v) is 4.76. The van der Waals surface area contributed by atoms with Gasteiger partial charge in [0.15, 0.2) is 0 Å². The van der Waals surface area contributed by atoms with Crippen molar-refractivity contribution >= 4 is 40.9 Å². The smallest absolute Gasteiger partial charge is 0.410 e. The lowest BCUT2D eigenvalue weighted by Gasteiger charge is -2.20. The second kappa shape index (κ2) is 7.56. The number of benzene rings is 2. The number of piperidine rings is 1. The maximum Gasteiger partial charge on any atom is 0.410 e. The number of carbonyl (C=O) groups is 2. The molecule has 2 fully saturated rings. The third-order valence-electron chi connectivity index (χ3n) is 5.80. The van der Waals surface area contributed by atoms with E-state index in [-0.39, 0.29) is 36.5 Å². The van der Waals surface area contributed by atoms with Gasteiger partial charge in [-0.3, -0.25) is 4.79 Å². The number of azo groups is 1. The molecule has 7 nitrogen and oxygen atoms in total. The van der Waals surface area contributed by atoms with E-state index in [0.29, 0.717) is 35.2 Å². The van der Waals surface area contributed by atoms with Crippen LogP contribution >= 0.6 is 23.2 Å². The molecule has 2 amide bonds. The Bertz CT molecular complexity index is 1040. The summed E-state index contributed by atoms with van der Waals surface area (Å²) >= 11 is 11.9. The number of likely N-dealkylation sites (tertiary alicyclic amines) is 1. The first kappa shape index (κ1) is 19.3. The van der Waals surface area contributed by atoms with E-state index in [4.69, 9.17) is 27.9 Å². The van der Waals surface area contributed by atoms with Crippen molar-refractivity contribution < 1.29 is 14.3 Å². The minimum Gasteiger partial charge on any atom is -0.445 e. The van der Waals surface area contributed by atoms with Gasteiger partial charge in [-0.1, -0.05) is 23.2 Å². The Hall–Kier alpha value is -2.64. The summed E-state index contributed by atoms with van der Waals surface area (Å²) in [4.78, 5) is 26.6. The summed E-state index contributed by atoms with van der Waals surface area (Å²) in [6.07, 6.45) is -0.366. The van der Waals surface area contributed by atoms with E-state index in [0.717, 1.165) is 16.8 Å². The van der Waals surface area contributed by atoms with Gasteiger partial charge in [0.2, 0.25) is 0 Å². The van der Waals surface area contributed by atoms with E-state index in [1.54, 1.807) is 29.2 Å². The summed E-state index contributed by atoms with van der Waals surface area (Å²) in [6, 6.07) is 10.6. The van der Waals surface area contributed by atoms with Crippen molar-refractivity contribution in [3.63, 3.8) is 0 Å². The maximum atomic E-state index is 12.6. The van der Waals surface area contributed by atoms with Crippen molar-refractivity contribution in [2.45, 2.75) is 19.2 Å². The molecule has 0 spiro atoms. The Balaban J connectivity index is 1.11. The van der Waals surface area contributed by atoms with Crippen LogP contribution in [-0.2, 0) is 17.9 Å². The molecule has 1 aliphatic carbocycles. The van der Waals surface area contributed by atoms with Crippen LogP contribution in [0.25, 0.3) is 0 Å². The van der Waals surface area contributed by atoms with E-state index < -0.39 is 0 Å². The van der Waals surface area contributed by atoms with Gasteiger partial charge >= 0.3 is 6.09 Å². The van der Waals surface area contributed by atoms with Crippen molar-refractivity contribution in [2.75, 3.05) is 13.1 Å². The van der Waals surface area contributed by atoms with Gasteiger partial charge in [0.05, 0.1) is 12.2 Å². The van der Waals surface area contributed by atoms with E-state index in [1.807, 2.05) is 12.1 Å². The highest BCUT2D eigenvalue weighted by molar-refractivity contribution is 6.34. The maximum absolute atomic E-state index is 12.6. The molecule has 3 atom stereocenters. The predicted octanol–water partition coefficient (Wildman–Crippen LogP) is 4.59. The number of hydrogen-bond donors (Lipinski definition) is 1. The number of nitrogens with zero attached hydrogens (tertiary/aromatic N) is 3. The Kier molecular flexibility index (Phi) is 4.87. The first-order valence-corrected chi connectivity index (χ1v) is 10.4. The minimum absolute atomic E-state index is 0.0934. The molecule has 0 aromatic heterocycles. The molecule has 0 radical (unpaired) electrons. The molecule has 5 rings (SSSR count). The molecule has 1 saturated carbocycles. The fourth-order valence-electron chi connectivity index (χ4n) is 4.19. The molecule has 2 heterocycles. The molecule has 2 aliphatic heterocycles. The van der Waals surface area contributed by atoms with Crippen molar-refractivity contribution in [3.8, 4) is 0 Å². The minimum atomic E-state index is -0.366. The number of carbonyl (C=O) groups excluding carboxylic acids is 2. The number of amides is 2. The highest BCUT2D eigenvalue weighted by Crippen LogP contribution is 2.45. The van der Waals surface area contributed by atoms with E-state index in [1.165, 1.54) is 0 Å². The SMILES string of the molecule is O=C(NC1[C@H]2CN(C(=O)OCc3cc(Cl)cc(Cl)c3)C[C@@H]12)c1ccc2c(c1)CN=N2. The van der Waals surface area contributed by atoms with E-state index >= 15 is 0 Å². The molecule has 9 heteroatoms. The van der Waals surface area contributed by atoms with Crippen LogP contribution in [0.4, 0.5) is 10.5 Å². The normalized spacial score (nSPS) is 23.1. The molecule has 1 N–H and O–H groups in total. The molecular formula is C21H18Cl2N4O3. The van der Waals surface area contributed by atoms with E-state index in [2.05, 4.69) is 15.5 Å². The van der Waals surface area contributed by atoms with E-state index in [9.17, 15) is 9.59 Å². The second-order valence-electron chi connectivity index (χ2n) is 7.81. The van der Waals surface area contributed by atoms with Crippen LogP contribution < -0.4 is 5.32 Å². The summed E-state index contributed by atoms with van der Waals surface area (Å²) in [5, 5.41) is 12.1. The van der Waals surface area contributed by atoms with Crippen LogP contribution in [0.15, 0.2) is 46.6 Å². The Labute approximate surface area is 183 Å². The van der Waals surface area contributed by atoms with Gasteiger partial charge in [0, 0.05) is 52.1 Å². The average Bonchev–Trinajstić information content (AvgIpc) is 3.09. The molecular weight excluding hydrogens is 427 g/mol. The highest BCUT2D eigenvalue weighted by Gasteiger charge is 2.57. The quantitative estimate of drug-likeness (QED) is 0.748. The van der Waals surface area contributed by atoms with Crippen LogP contribution in [0.2, 0.25) is 10.0 Å². The van der Waals surface area contributed by atoms with Gasteiger partial charge in [0.1, 0.15) is 6.61 Å². The van der Waals surface area contributed by atoms with Crippen molar-refractivity contribution in [1.82, 2.24) is 10.2 Å². The molecule has 30 heavy (non-hydrogen) atoms. The van der Waals surface area contributed by atoms with Gasteiger partial charge < -0.3 is 15.0 Å². The number of hydrogen-bond acceptors (Lipinski definition) is 5. The number of fused-ring (bicyclic) bond motifs is 2. The summed E-state index contributed by atoms with van der Waals surface area (Å²) in [7, 11) is 0. The number of halogens is 2. The standard InChI is InChI=1S/C21H18Cl2N4O3/c22-14-3-11(4-15(23)6-14)10-30-21(29)27-8-16-17(9-27)19(16)25-20(28)12-1-2-18-13(5-12)7-24-26-18/h1-6,16-17,19H,7-10H2,(H,25,28)/t16-,17+,19?. The second-order valence-corrected chi connectivity index (χ2v) is 8.68. The van der Waals surface area contributed by atoms with Gasteiger partial charge in [-0.2, -0.15) is 10.2 Å². The molecule has 1 saturated heterocycles. The molecule has 1 unspecified atom stereocenters. The molecule has 3 aliphatic rings. The lowest BCUT2D eigenvalue weighted by Crippen LogP contribution is -2.37. The lowest BCUT2D eigenvalue weighted by molar-refractivity contribution is 0.0926. The van der Waals surface area contributed by atoms with Crippen LogP contribution in [0, 0.1) is 11.8 Å². The number of ether oxygens (including phenoxy) is 1. The zero-order valence-corrected chi connectivity index (χ0v) is 17.4. The third-order valence-corrected chi connectivity index (χ3v) is 6.23. The first-order valence-electron chi connectivity index (χ1n) is 9.66. The lowest BCUT2D eigenvalue weighted by atomic mass is 10.1. The third kappa shape index (κ3) is 3.75. The summed E-state index contributed by atoms with van der Waals surface area (Å²) in [6.45, 7) is 1.78. The largest absolute Gasteiger partial charge is 0.445 e. The van der Waals surface area contributed by atoms with Crippen LogP contribution in [0.5, 0.6) is 0 Å². The zero-order valence-electron chi connectivity index (χ0n) is 15.8. The van der Waals surface area contributed by atoms with Gasteiger partial charge in [-0.15, -0.1) is 0 Å². The highest BCUT2D eigenvalue weighted by atomic mass is 35.5. The Morgan fingerprint density at radius 1 is 1.10 bits per heavy atom. The average molecular weight is 445 g/mol. The first-order chi connectivity index (χ1) is 14.5. The van der Waals surface area contributed by atoms with Crippen molar-refractivity contribution in [3.05, 3.63) is 63.1 Å². The van der Waals surface area contributed by atoms with Gasteiger partial charge in [0.25, 0.3) is 5.91 Å². The van der Waals surface area contributed by atoms with Gasteiger partial charge in [-0.05, 0) is 42.0 Å². The van der Waals surface area contributed by atoms with Crippen LogP contribution in [0.3, 0.4) is 0 Å². The summed E-state index contributed by atoms with van der Waals surface area (Å²) in [5.41, 5.74) is 3.14. The monoisotopic (exact) mass is 444 g/mol. The van der Waals surface area contributed by atoms with Crippen molar-refractivity contribution in [2.24, 2.45) is 22.1 Å². The zero-order chi connectivity index (χ0) is 20.8. The van der Waals surface area contributed by atoms with Crippen molar-refractivity contribution in [1.29, 1.82) is 0 Å². The van der Waals surface area contributed by atoms with Crippen LogP contribution in [-0.4, -0.2) is 36.0 Å². The molecule has 154 valence electrons.